The predicted molar refractivity (Wildman–Crippen MR) is 48.9 cm³/mol. The van der Waals surface area contributed by atoms with E-state index >= 15 is 0 Å². The summed E-state index contributed by atoms with van der Waals surface area (Å²) in [5.74, 6) is -0.288. The molecule has 0 saturated carbocycles. The van der Waals surface area contributed by atoms with Gasteiger partial charge in [0.15, 0.2) is 0 Å². The van der Waals surface area contributed by atoms with Gasteiger partial charge in [-0.25, -0.2) is 4.79 Å². The minimum absolute atomic E-state index is 0.288. The number of carbonyl (C=O) groups is 1. The molecule has 13 heavy (non-hydrogen) atoms. The third kappa shape index (κ3) is 2.76. The smallest absolute Gasteiger partial charge is 0.391 e. The van der Waals surface area contributed by atoms with Crippen LogP contribution in [0.1, 0.15) is 5.56 Å². The van der Waals surface area contributed by atoms with Gasteiger partial charge in [-0.05, 0) is 24.3 Å². The molecule has 1 rings (SSSR count). The maximum absolute atomic E-state index is 10.3. The van der Waals surface area contributed by atoms with Crippen LogP contribution in [-0.4, -0.2) is 12.0 Å². The molecule has 0 aliphatic rings. The first kappa shape index (κ1) is 9.54. The van der Waals surface area contributed by atoms with E-state index in [1.54, 1.807) is 24.3 Å². The first-order valence-electron chi connectivity index (χ1n) is 3.41. The number of hydrogen-bond acceptors (Lipinski definition) is 3. The van der Waals surface area contributed by atoms with Gasteiger partial charge in [-0.1, -0.05) is 11.6 Å². The highest BCUT2D eigenvalue weighted by molar-refractivity contribution is 6.30. The van der Waals surface area contributed by atoms with Crippen LogP contribution in [0.4, 0.5) is 4.79 Å². The maximum atomic E-state index is 10.3. The van der Waals surface area contributed by atoms with E-state index in [-0.39, 0.29) is 5.90 Å². The average molecular weight is 199 g/mol. The summed E-state index contributed by atoms with van der Waals surface area (Å²) in [6, 6.07) is 6.31. The topological polar surface area (TPSA) is 76.2 Å². The highest BCUT2D eigenvalue weighted by atomic mass is 35.5. The molecule has 0 unspecified atom stereocenters. The van der Waals surface area contributed by atoms with Gasteiger partial charge in [0, 0.05) is 10.6 Å². The molecule has 0 atom stereocenters. The molecular formula is C8H7ClN2O2. The minimum Gasteiger partial charge on any atom is -0.391 e. The Morgan fingerprint density at radius 3 is 2.38 bits per heavy atom. The van der Waals surface area contributed by atoms with Crippen LogP contribution in [0, 0.1) is 5.41 Å². The number of nitrogens with one attached hydrogen (secondary N) is 1. The van der Waals surface area contributed by atoms with E-state index in [4.69, 9.17) is 22.7 Å². The van der Waals surface area contributed by atoms with Crippen molar-refractivity contribution in [3.05, 3.63) is 34.9 Å². The van der Waals surface area contributed by atoms with Crippen molar-refractivity contribution in [2.24, 2.45) is 5.73 Å². The van der Waals surface area contributed by atoms with Gasteiger partial charge >= 0.3 is 6.09 Å². The molecule has 1 aromatic rings. The molecule has 0 bridgehead atoms. The first-order chi connectivity index (χ1) is 6.09. The first-order valence-corrected chi connectivity index (χ1v) is 3.79. The molecule has 0 aliphatic carbocycles. The van der Waals surface area contributed by atoms with Crippen LogP contribution in [-0.2, 0) is 4.74 Å². The fourth-order valence-electron chi connectivity index (χ4n) is 0.761. The summed E-state index contributed by atoms with van der Waals surface area (Å²) in [6.07, 6.45) is -1.00. The Morgan fingerprint density at radius 2 is 1.92 bits per heavy atom. The van der Waals surface area contributed by atoms with Gasteiger partial charge < -0.3 is 10.5 Å². The van der Waals surface area contributed by atoms with E-state index in [0.29, 0.717) is 10.6 Å². The molecule has 0 aliphatic heterocycles. The van der Waals surface area contributed by atoms with Gasteiger partial charge in [-0.15, -0.1) is 0 Å². The van der Waals surface area contributed by atoms with Crippen molar-refractivity contribution in [3.8, 4) is 0 Å². The Bertz CT molecular complexity index is 335. The van der Waals surface area contributed by atoms with Crippen molar-refractivity contribution in [2.45, 2.75) is 0 Å². The number of benzene rings is 1. The van der Waals surface area contributed by atoms with Gasteiger partial charge in [-0.3, -0.25) is 5.41 Å². The number of amides is 1. The Hall–Kier alpha value is -1.55. The van der Waals surface area contributed by atoms with Gasteiger partial charge in [-0.2, -0.15) is 0 Å². The highest BCUT2D eigenvalue weighted by Gasteiger charge is 2.04. The standard InChI is InChI=1S/C8H7ClN2O2/c9-6-3-1-5(2-4-6)7(10)13-8(11)12/h1-4,10H,(H2,11,12). The molecule has 4 nitrogen and oxygen atoms in total. The third-order valence-electron chi connectivity index (χ3n) is 1.31. The quantitative estimate of drug-likeness (QED) is 0.533. The number of rotatable bonds is 1. The van der Waals surface area contributed by atoms with E-state index < -0.39 is 6.09 Å². The van der Waals surface area contributed by atoms with E-state index in [1.165, 1.54) is 0 Å². The number of ether oxygens (including phenoxy) is 1. The van der Waals surface area contributed by atoms with E-state index in [9.17, 15) is 4.79 Å². The SMILES string of the molecule is N=C(OC(N)=O)c1ccc(Cl)cc1. The van der Waals surface area contributed by atoms with Crippen LogP contribution >= 0.6 is 11.6 Å². The molecule has 0 spiro atoms. The molecule has 0 fully saturated rings. The van der Waals surface area contributed by atoms with Crippen LogP contribution < -0.4 is 5.73 Å². The largest absolute Gasteiger partial charge is 0.411 e. The Balaban J connectivity index is 2.78. The average Bonchev–Trinajstić information content (AvgIpc) is 2.04. The third-order valence-corrected chi connectivity index (χ3v) is 1.56. The van der Waals surface area contributed by atoms with E-state index in [2.05, 4.69) is 4.74 Å². The normalized spacial score (nSPS) is 9.31. The van der Waals surface area contributed by atoms with Crippen molar-refractivity contribution in [1.29, 1.82) is 5.41 Å². The van der Waals surface area contributed by atoms with Crippen LogP contribution in [0.5, 0.6) is 0 Å². The fraction of sp³-hybridized carbons (Fsp3) is 0. The lowest BCUT2D eigenvalue weighted by Crippen LogP contribution is -2.18. The van der Waals surface area contributed by atoms with Crippen LogP contribution in [0.2, 0.25) is 5.02 Å². The molecule has 0 saturated heterocycles. The number of primary amides is 1. The van der Waals surface area contributed by atoms with Crippen molar-refractivity contribution in [1.82, 2.24) is 0 Å². The molecule has 0 aromatic heterocycles. The van der Waals surface area contributed by atoms with Gasteiger partial charge in [0.25, 0.3) is 0 Å². The van der Waals surface area contributed by atoms with Gasteiger partial charge in [0.05, 0.1) is 0 Å². The zero-order valence-corrected chi connectivity index (χ0v) is 7.34. The number of halogens is 1. The Morgan fingerprint density at radius 1 is 1.38 bits per heavy atom. The Labute approximate surface area is 79.8 Å². The minimum atomic E-state index is -1.00. The van der Waals surface area contributed by atoms with Crippen LogP contribution in [0.3, 0.4) is 0 Å². The Kier molecular flexibility index (Phi) is 2.87. The highest BCUT2D eigenvalue weighted by Crippen LogP contribution is 2.10. The van der Waals surface area contributed by atoms with Crippen molar-refractivity contribution < 1.29 is 9.53 Å². The summed E-state index contributed by atoms with van der Waals surface area (Å²) in [4.78, 5) is 10.3. The summed E-state index contributed by atoms with van der Waals surface area (Å²) in [5.41, 5.74) is 5.18. The fourth-order valence-corrected chi connectivity index (χ4v) is 0.887. The second-order valence-corrected chi connectivity index (χ2v) is 2.69. The zero-order valence-electron chi connectivity index (χ0n) is 6.58. The molecular weight excluding hydrogens is 192 g/mol. The van der Waals surface area contributed by atoms with E-state index in [1.807, 2.05) is 0 Å². The maximum Gasteiger partial charge on any atom is 0.411 e. The van der Waals surface area contributed by atoms with Gasteiger partial charge in [0.1, 0.15) is 0 Å². The molecule has 5 heteroatoms. The lowest BCUT2D eigenvalue weighted by atomic mass is 10.2. The lowest BCUT2D eigenvalue weighted by molar-refractivity contribution is 0.208. The van der Waals surface area contributed by atoms with Crippen molar-refractivity contribution >= 4 is 23.6 Å². The number of carbonyl (C=O) groups excluding carboxylic acids is 1. The van der Waals surface area contributed by atoms with E-state index in [0.717, 1.165) is 0 Å². The predicted octanol–water partition coefficient (Wildman–Crippen LogP) is 1.76. The summed E-state index contributed by atoms with van der Waals surface area (Å²) in [5, 5.41) is 7.82. The number of nitrogens with two attached hydrogens (primary N) is 1. The second kappa shape index (κ2) is 3.91. The second-order valence-electron chi connectivity index (χ2n) is 2.26. The zero-order chi connectivity index (χ0) is 9.84. The summed E-state index contributed by atoms with van der Waals surface area (Å²) in [6.45, 7) is 0. The summed E-state index contributed by atoms with van der Waals surface area (Å²) >= 11 is 5.62. The molecule has 3 N–H and O–H groups in total. The van der Waals surface area contributed by atoms with Crippen LogP contribution in [0.25, 0.3) is 0 Å². The van der Waals surface area contributed by atoms with Crippen molar-refractivity contribution in [2.75, 3.05) is 0 Å². The molecule has 1 amide bonds. The molecule has 68 valence electrons. The number of hydrogen-bond donors (Lipinski definition) is 2. The van der Waals surface area contributed by atoms with Gasteiger partial charge in [0.2, 0.25) is 5.90 Å². The van der Waals surface area contributed by atoms with Crippen LogP contribution in [0.15, 0.2) is 24.3 Å². The summed E-state index contributed by atoms with van der Waals surface area (Å²) in [7, 11) is 0. The molecule has 1 aromatic carbocycles. The monoisotopic (exact) mass is 198 g/mol. The summed E-state index contributed by atoms with van der Waals surface area (Å²) < 4.78 is 4.36. The molecule has 0 radical (unpaired) electrons. The lowest BCUT2D eigenvalue weighted by Gasteiger charge is -2.01. The molecule has 0 heterocycles. The van der Waals surface area contributed by atoms with Crippen molar-refractivity contribution in [3.63, 3.8) is 0 Å².